The van der Waals surface area contributed by atoms with E-state index in [1.165, 1.54) is 11.3 Å². The first-order valence-corrected chi connectivity index (χ1v) is 13.8. The fourth-order valence-electron chi connectivity index (χ4n) is 3.96. The fourth-order valence-corrected chi connectivity index (χ4v) is 7.79. The van der Waals surface area contributed by atoms with E-state index in [1.807, 2.05) is 36.4 Å². The largest absolute Gasteiger partial charge is 0.454 e. The summed E-state index contributed by atoms with van der Waals surface area (Å²) in [6.45, 7) is 2.31. The van der Waals surface area contributed by atoms with Crippen LogP contribution in [0.4, 0.5) is 5.00 Å². The van der Waals surface area contributed by atoms with Crippen molar-refractivity contribution in [2.24, 2.45) is 0 Å². The van der Waals surface area contributed by atoms with Crippen LogP contribution in [0, 0.1) is 6.92 Å². The number of hydrogen-bond acceptors (Lipinski definition) is 7. The number of ether oxygens (including phenoxy) is 2. The lowest BCUT2D eigenvalue weighted by molar-refractivity contribution is 0.102. The van der Waals surface area contributed by atoms with Crippen LogP contribution in [0.2, 0.25) is 8.67 Å². The van der Waals surface area contributed by atoms with E-state index >= 15 is 0 Å². The van der Waals surface area contributed by atoms with E-state index in [-0.39, 0.29) is 12.7 Å². The number of thiophene rings is 2. The molecule has 2 aromatic carbocycles. The van der Waals surface area contributed by atoms with E-state index in [2.05, 4.69) is 18.3 Å². The molecule has 0 fully saturated rings. The summed E-state index contributed by atoms with van der Waals surface area (Å²) in [5, 5.41) is 4.68. The lowest BCUT2D eigenvalue weighted by Crippen LogP contribution is -2.11. The smallest absolute Gasteiger partial charge is 0.258 e. The Balaban J connectivity index is 1.42. The van der Waals surface area contributed by atoms with Crippen molar-refractivity contribution in [3.8, 4) is 22.1 Å². The highest BCUT2D eigenvalue weighted by Gasteiger charge is 2.24. The van der Waals surface area contributed by atoms with Crippen LogP contribution in [-0.4, -0.2) is 17.7 Å². The predicted molar refractivity (Wildman–Crippen MR) is 145 cm³/mol. The first-order valence-electron chi connectivity index (χ1n) is 10.6. The topological polar surface area (TPSA) is 60.5 Å². The van der Waals surface area contributed by atoms with E-state index in [1.54, 1.807) is 28.7 Å². The molecular formula is C25H16Cl2N2O3S3. The van der Waals surface area contributed by atoms with Gasteiger partial charge in [-0.15, -0.1) is 34.0 Å². The van der Waals surface area contributed by atoms with Gasteiger partial charge in [0.1, 0.15) is 14.3 Å². The minimum absolute atomic E-state index is 0.240. The van der Waals surface area contributed by atoms with Crippen LogP contribution in [0.25, 0.3) is 20.8 Å². The molecule has 3 aromatic heterocycles. The number of halogens is 2. The number of rotatable bonds is 5. The Morgan fingerprint density at radius 2 is 1.89 bits per heavy atom. The lowest BCUT2D eigenvalue weighted by Gasteiger charge is -2.05. The second-order valence-electron chi connectivity index (χ2n) is 7.90. The van der Waals surface area contributed by atoms with Crippen molar-refractivity contribution in [3.63, 3.8) is 0 Å². The van der Waals surface area contributed by atoms with Gasteiger partial charge >= 0.3 is 0 Å². The summed E-state index contributed by atoms with van der Waals surface area (Å²) in [6, 6.07) is 15.6. The lowest BCUT2D eigenvalue weighted by atomic mass is 10.1. The van der Waals surface area contributed by atoms with Gasteiger partial charge in [0.05, 0.1) is 20.1 Å². The van der Waals surface area contributed by atoms with Crippen LogP contribution in [0.1, 0.15) is 26.4 Å². The summed E-state index contributed by atoms with van der Waals surface area (Å²) in [7, 11) is 0. The molecule has 6 rings (SSSR count). The molecule has 0 radical (unpaired) electrons. The van der Waals surface area contributed by atoms with Crippen LogP contribution < -0.4 is 14.8 Å². The molecule has 0 saturated carbocycles. The van der Waals surface area contributed by atoms with Crippen molar-refractivity contribution in [2.45, 2.75) is 13.3 Å². The molecule has 1 aliphatic heterocycles. The summed E-state index contributed by atoms with van der Waals surface area (Å²) < 4.78 is 12.9. The maximum atomic E-state index is 13.1. The first-order chi connectivity index (χ1) is 17.0. The van der Waals surface area contributed by atoms with E-state index < -0.39 is 0 Å². The van der Waals surface area contributed by atoms with Crippen LogP contribution in [0.5, 0.6) is 11.5 Å². The highest BCUT2D eigenvalue weighted by atomic mass is 35.5. The second-order valence-corrected chi connectivity index (χ2v) is 12.3. The maximum Gasteiger partial charge on any atom is 0.258 e. The number of benzene rings is 2. The van der Waals surface area contributed by atoms with Crippen LogP contribution in [0.3, 0.4) is 0 Å². The van der Waals surface area contributed by atoms with Crippen LogP contribution >= 0.6 is 57.2 Å². The highest BCUT2D eigenvalue weighted by Crippen LogP contribution is 2.45. The van der Waals surface area contributed by atoms with E-state index in [4.69, 9.17) is 37.7 Å². The number of thiazole rings is 1. The monoisotopic (exact) mass is 558 g/mol. The highest BCUT2D eigenvalue weighted by molar-refractivity contribution is 7.23. The molecule has 0 unspecified atom stereocenters. The summed E-state index contributed by atoms with van der Waals surface area (Å²) >= 11 is 16.6. The summed E-state index contributed by atoms with van der Waals surface area (Å²) in [5.74, 6) is 1.21. The van der Waals surface area contributed by atoms with Crippen molar-refractivity contribution in [1.82, 2.24) is 4.98 Å². The molecule has 1 N–H and O–H groups in total. The van der Waals surface area contributed by atoms with Gasteiger partial charge in [0.15, 0.2) is 11.5 Å². The fraction of sp³-hybridized carbons (Fsp3) is 0.120. The number of aromatic nitrogens is 1. The zero-order valence-electron chi connectivity index (χ0n) is 18.2. The number of amides is 1. The normalized spacial score (nSPS) is 12.4. The predicted octanol–water partition coefficient (Wildman–Crippen LogP) is 8.27. The summed E-state index contributed by atoms with van der Waals surface area (Å²) in [4.78, 5) is 19.1. The molecule has 0 spiro atoms. The van der Waals surface area contributed by atoms with Gasteiger partial charge in [-0.2, -0.15) is 0 Å². The Bertz CT molecular complexity index is 1570. The van der Waals surface area contributed by atoms with Crippen LogP contribution in [0.15, 0.2) is 48.5 Å². The third-order valence-corrected chi connectivity index (χ3v) is 9.43. The molecule has 5 aromatic rings. The van der Waals surface area contributed by atoms with E-state index in [0.29, 0.717) is 20.7 Å². The van der Waals surface area contributed by atoms with Gasteiger partial charge in [0.2, 0.25) is 6.79 Å². The second kappa shape index (κ2) is 9.11. The van der Waals surface area contributed by atoms with Gasteiger partial charge in [-0.3, -0.25) is 4.79 Å². The third-order valence-electron chi connectivity index (χ3n) is 5.68. The maximum absolute atomic E-state index is 13.1. The van der Waals surface area contributed by atoms with Crippen molar-refractivity contribution in [2.75, 3.05) is 12.1 Å². The van der Waals surface area contributed by atoms with Gasteiger partial charge in [-0.05, 0) is 48.4 Å². The van der Waals surface area contributed by atoms with Gasteiger partial charge in [-0.25, -0.2) is 4.98 Å². The molecule has 35 heavy (non-hydrogen) atoms. The number of hydrogen-bond donors (Lipinski definition) is 1. The van der Waals surface area contributed by atoms with Gasteiger partial charge in [0, 0.05) is 16.9 Å². The van der Waals surface area contributed by atoms with Crippen LogP contribution in [-0.2, 0) is 6.42 Å². The molecule has 1 aliphatic rings. The van der Waals surface area contributed by atoms with Gasteiger partial charge < -0.3 is 14.8 Å². The van der Waals surface area contributed by atoms with Crippen molar-refractivity contribution in [3.05, 3.63) is 78.8 Å². The SMILES string of the molecule is Cc1c(Cc2ccc3c(c2)OCO3)sc(NC(=O)c2cc(Cl)sc2Cl)c1-c1nc2ccccc2s1. The Hall–Kier alpha value is -2.62. The molecule has 10 heteroatoms. The van der Waals surface area contributed by atoms with E-state index in [0.717, 1.165) is 53.3 Å². The molecule has 176 valence electrons. The average molecular weight is 560 g/mol. The number of nitrogens with one attached hydrogen (secondary N) is 1. The molecule has 0 saturated heterocycles. The Labute approximate surface area is 222 Å². The standard InChI is InChI=1S/C25H16Cl2N2O3S3/c1-12-19(9-13-6-7-16-17(8-13)32-11-31-16)34-25(29-23(30)14-10-20(26)35-22(14)27)21(12)24-28-15-4-2-3-5-18(15)33-24/h2-8,10H,9,11H2,1H3,(H,29,30). The minimum atomic E-state index is -0.295. The minimum Gasteiger partial charge on any atom is -0.454 e. The Kier molecular flexibility index (Phi) is 5.94. The number of para-hydroxylation sites is 1. The molecule has 1 amide bonds. The Morgan fingerprint density at radius 3 is 2.69 bits per heavy atom. The molecular weight excluding hydrogens is 543 g/mol. The quantitative estimate of drug-likeness (QED) is 0.236. The first kappa shape index (κ1) is 22.8. The number of nitrogens with zero attached hydrogens (tertiary/aromatic N) is 1. The van der Waals surface area contributed by atoms with Gasteiger partial charge in [-0.1, -0.05) is 41.4 Å². The summed E-state index contributed by atoms with van der Waals surface area (Å²) in [6.07, 6.45) is 0.686. The molecule has 5 nitrogen and oxygen atoms in total. The Morgan fingerprint density at radius 1 is 1.06 bits per heavy atom. The zero-order valence-corrected chi connectivity index (χ0v) is 22.1. The van der Waals surface area contributed by atoms with Crippen molar-refractivity contribution in [1.29, 1.82) is 0 Å². The number of anilines is 1. The molecule has 0 aliphatic carbocycles. The molecule has 0 atom stereocenters. The van der Waals surface area contributed by atoms with E-state index in [9.17, 15) is 4.79 Å². The average Bonchev–Trinajstić information content (AvgIpc) is 3.59. The molecule has 4 heterocycles. The third kappa shape index (κ3) is 4.30. The zero-order chi connectivity index (χ0) is 24.1. The number of carbonyl (C=O) groups excluding carboxylic acids is 1. The van der Waals surface area contributed by atoms with Crippen molar-refractivity contribution < 1.29 is 14.3 Å². The summed E-state index contributed by atoms with van der Waals surface area (Å²) in [5.41, 5.74) is 4.40. The number of carbonyl (C=O) groups is 1. The number of fused-ring (bicyclic) bond motifs is 2. The molecule has 0 bridgehead atoms. The van der Waals surface area contributed by atoms with Gasteiger partial charge in [0.25, 0.3) is 5.91 Å². The van der Waals surface area contributed by atoms with Crippen molar-refractivity contribution >= 4 is 78.3 Å².